The van der Waals surface area contributed by atoms with Gasteiger partial charge < -0.3 is 9.29 Å². The summed E-state index contributed by atoms with van der Waals surface area (Å²) in [5.74, 6) is 6.88. The zero-order valence-corrected chi connectivity index (χ0v) is 18.2. The number of allylic oxidation sites excluding steroid dienone is 2. The minimum absolute atomic E-state index is 0.0234. The number of aryl methyl sites for hydroxylation is 1. The quantitative estimate of drug-likeness (QED) is 0.400. The Morgan fingerprint density at radius 3 is 2.71 bits per heavy atom. The van der Waals surface area contributed by atoms with Crippen molar-refractivity contribution in [2.45, 2.75) is 63.5 Å². The normalized spacial score (nSPS) is 30.8. The van der Waals surface area contributed by atoms with Gasteiger partial charge in [0, 0.05) is 11.0 Å². The van der Waals surface area contributed by atoms with Crippen LogP contribution >= 0.6 is 0 Å². The van der Waals surface area contributed by atoms with Gasteiger partial charge in [-0.1, -0.05) is 30.9 Å². The summed E-state index contributed by atoms with van der Waals surface area (Å²) in [4.78, 5) is 0. The molecule has 1 saturated carbocycles. The summed E-state index contributed by atoms with van der Waals surface area (Å²) in [5.41, 5.74) is -2.43. The van der Waals surface area contributed by atoms with Gasteiger partial charge in [-0.05, 0) is 80.0 Å². The van der Waals surface area contributed by atoms with Crippen molar-refractivity contribution in [2.75, 3.05) is 0 Å². The average molecular weight is 455 g/mol. The number of hydrogen-bond acceptors (Lipinski definition) is 4. The third kappa shape index (κ3) is 3.87. The fraction of sp³-hybridized carbons (Fsp3) is 0.565. The smallest absolute Gasteiger partial charge is 0.381 e. The number of halogens is 3. The van der Waals surface area contributed by atoms with Crippen molar-refractivity contribution in [1.82, 2.24) is 0 Å². The van der Waals surface area contributed by atoms with Gasteiger partial charge in [-0.3, -0.25) is 0 Å². The van der Waals surface area contributed by atoms with Crippen molar-refractivity contribution in [3.8, 4) is 17.6 Å². The van der Waals surface area contributed by atoms with Crippen LogP contribution in [-0.2, 0) is 16.5 Å². The van der Waals surface area contributed by atoms with Crippen LogP contribution in [0.25, 0.3) is 0 Å². The molecule has 3 aliphatic carbocycles. The van der Waals surface area contributed by atoms with E-state index in [9.17, 15) is 26.7 Å². The highest BCUT2D eigenvalue weighted by atomic mass is 32.2. The van der Waals surface area contributed by atoms with E-state index in [1.54, 1.807) is 13.0 Å². The van der Waals surface area contributed by atoms with Gasteiger partial charge in [0.1, 0.15) is 11.9 Å². The van der Waals surface area contributed by atoms with E-state index >= 15 is 0 Å². The van der Waals surface area contributed by atoms with Crippen molar-refractivity contribution < 1.29 is 30.9 Å². The fourth-order valence-electron chi connectivity index (χ4n) is 5.73. The van der Waals surface area contributed by atoms with Crippen LogP contribution in [0.2, 0.25) is 0 Å². The van der Waals surface area contributed by atoms with E-state index in [0.29, 0.717) is 18.3 Å². The molecule has 1 aromatic rings. The first-order valence-corrected chi connectivity index (χ1v) is 11.9. The van der Waals surface area contributed by atoms with E-state index in [1.807, 2.05) is 0 Å². The second kappa shape index (κ2) is 7.56. The molecule has 4 nitrogen and oxygen atoms in total. The number of alkyl halides is 3. The summed E-state index contributed by atoms with van der Waals surface area (Å²) in [7, 11) is -5.68. The van der Waals surface area contributed by atoms with Gasteiger partial charge in [-0.15, -0.1) is 0 Å². The van der Waals surface area contributed by atoms with Crippen molar-refractivity contribution in [2.24, 2.45) is 17.3 Å². The van der Waals surface area contributed by atoms with Crippen molar-refractivity contribution >= 4 is 10.1 Å². The summed E-state index contributed by atoms with van der Waals surface area (Å²) in [5, 5.41) is 9.52. The third-order valence-electron chi connectivity index (χ3n) is 7.18. The zero-order valence-electron chi connectivity index (χ0n) is 17.4. The molecule has 1 fully saturated rings. The summed E-state index contributed by atoms with van der Waals surface area (Å²) >= 11 is 0. The maximum absolute atomic E-state index is 12.6. The molecule has 168 valence electrons. The van der Waals surface area contributed by atoms with Gasteiger partial charge in [0.2, 0.25) is 0 Å². The van der Waals surface area contributed by atoms with Gasteiger partial charge in [-0.2, -0.15) is 21.6 Å². The first kappa shape index (κ1) is 22.2. The lowest BCUT2D eigenvalue weighted by atomic mass is 9.54. The van der Waals surface area contributed by atoms with Crippen LogP contribution in [0.3, 0.4) is 0 Å². The average Bonchev–Trinajstić information content (AvgIpc) is 3.01. The summed E-state index contributed by atoms with van der Waals surface area (Å²) in [6.45, 7) is 3.90. The lowest BCUT2D eigenvalue weighted by Gasteiger charge is -2.49. The van der Waals surface area contributed by atoms with E-state index in [2.05, 4.69) is 29.0 Å². The van der Waals surface area contributed by atoms with E-state index < -0.39 is 21.7 Å². The number of fused-ring (bicyclic) bond motifs is 5. The monoisotopic (exact) mass is 454 g/mol. The van der Waals surface area contributed by atoms with E-state index in [4.69, 9.17) is 0 Å². The van der Waals surface area contributed by atoms with E-state index in [1.165, 1.54) is 12.1 Å². The predicted octanol–water partition coefficient (Wildman–Crippen LogP) is 4.69. The second-order valence-electron chi connectivity index (χ2n) is 9.01. The molecule has 1 aromatic carbocycles. The molecule has 0 bridgehead atoms. The number of benzene rings is 1. The number of aliphatic hydroxyl groups is 1. The number of rotatable bonds is 2. The molecule has 1 unspecified atom stereocenters. The molecule has 1 N–H and O–H groups in total. The van der Waals surface area contributed by atoms with Gasteiger partial charge in [-0.25, -0.2) is 0 Å². The molecule has 8 heteroatoms. The van der Waals surface area contributed by atoms with Crippen molar-refractivity contribution in [3.05, 3.63) is 41.0 Å². The number of hydrogen-bond donors (Lipinski definition) is 1. The van der Waals surface area contributed by atoms with Crippen LogP contribution < -0.4 is 4.18 Å². The molecule has 31 heavy (non-hydrogen) atoms. The fourth-order valence-corrected chi connectivity index (χ4v) is 6.18. The molecule has 5 atom stereocenters. The highest BCUT2D eigenvalue weighted by Gasteiger charge is 2.52. The Kier molecular flexibility index (Phi) is 5.42. The summed E-state index contributed by atoms with van der Waals surface area (Å²) < 4.78 is 64.9. The highest BCUT2D eigenvalue weighted by molar-refractivity contribution is 7.88. The first-order valence-electron chi connectivity index (χ1n) is 10.5. The molecule has 0 amide bonds. The Morgan fingerprint density at radius 1 is 1.29 bits per heavy atom. The maximum Gasteiger partial charge on any atom is 0.534 e. The molecule has 3 aliphatic rings. The van der Waals surface area contributed by atoms with Gasteiger partial charge in [0.25, 0.3) is 0 Å². The molecular weight excluding hydrogens is 429 g/mol. The Balaban J connectivity index is 1.57. The largest absolute Gasteiger partial charge is 0.534 e. The zero-order chi connectivity index (χ0) is 22.6. The van der Waals surface area contributed by atoms with Crippen LogP contribution in [0, 0.1) is 29.1 Å². The summed E-state index contributed by atoms with van der Waals surface area (Å²) in [6.07, 6.45) is 5.88. The topological polar surface area (TPSA) is 63.6 Å². The van der Waals surface area contributed by atoms with Crippen LogP contribution in [0.15, 0.2) is 29.8 Å². The van der Waals surface area contributed by atoms with Crippen LogP contribution in [0.1, 0.15) is 56.6 Å². The van der Waals surface area contributed by atoms with Crippen molar-refractivity contribution in [1.29, 1.82) is 0 Å². The van der Waals surface area contributed by atoms with E-state index in [0.717, 1.165) is 42.4 Å². The molecular formula is C23H25F3O4S. The van der Waals surface area contributed by atoms with E-state index in [-0.39, 0.29) is 17.1 Å². The maximum atomic E-state index is 12.6. The lowest BCUT2D eigenvalue weighted by Crippen LogP contribution is -2.41. The van der Waals surface area contributed by atoms with Crippen molar-refractivity contribution in [3.63, 3.8) is 0 Å². The van der Waals surface area contributed by atoms with Crippen LogP contribution in [-0.4, -0.2) is 25.1 Å². The summed E-state index contributed by atoms with van der Waals surface area (Å²) in [6, 6.07) is 4.49. The Labute approximate surface area is 180 Å². The molecule has 0 aromatic heterocycles. The highest BCUT2D eigenvalue weighted by Crippen LogP contribution is 2.61. The van der Waals surface area contributed by atoms with Gasteiger partial charge >= 0.3 is 15.6 Å². The van der Waals surface area contributed by atoms with Crippen LogP contribution in [0.4, 0.5) is 13.2 Å². The lowest BCUT2D eigenvalue weighted by molar-refractivity contribution is -0.0500. The Bertz CT molecular complexity index is 1080. The molecule has 0 saturated heterocycles. The van der Waals surface area contributed by atoms with Crippen LogP contribution in [0.5, 0.6) is 5.75 Å². The Hall–Kier alpha value is -1.98. The molecule has 0 radical (unpaired) electrons. The number of aliphatic hydroxyl groups excluding tert-OH is 1. The SMILES string of the molecule is CC(O)C#CC1=CC[C@H]2[C@@H]3CCc4cc(OS(=O)(=O)C(F)(F)F)ccc4[C@H]3CC[C@]12C. The predicted molar refractivity (Wildman–Crippen MR) is 110 cm³/mol. The molecule has 0 heterocycles. The first-order chi connectivity index (χ1) is 14.4. The molecule has 0 aliphatic heterocycles. The standard InChI is InChI=1S/C23H25F3O4S/c1-14(27)3-5-16-6-10-21-20-8-4-15-13-17(30-31(28,29)23(24,25)26)7-9-18(15)19(20)11-12-22(16,21)2/h6-7,9,13-14,19-21,27H,4,8,10-12H2,1-2H3/t14?,19-,20-,21+,22-/m1/s1. The third-order valence-corrected chi connectivity index (χ3v) is 8.16. The van der Waals surface area contributed by atoms with Gasteiger partial charge in [0.05, 0.1) is 0 Å². The second-order valence-corrected chi connectivity index (χ2v) is 10.6. The molecule has 0 spiro atoms. The van der Waals surface area contributed by atoms with Gasteiger partial charge in [0.15, 0.2) is 0 Å². The Morgan fingerprint density at radius 2 is 2.03 bits per heavy atom. The molecule has 4 rings (SSSR count). The minimum Gasteiger partial charge on any atom is -0.381 e. The minimum atomic E-state index is -5.68.